The Hall–Kier alpha value is -2.42. The number of nitriles is 1. The van der Waals surface area contributed by atoms with Crippen molar-refractivity contribution in [1.29, 1.82) is 5.26 Å². The predicted octanol–water partition coefficient (Wildman–Crippen LogP) is -0.289. The third kappa shape index (κ3) is 0.998. The molecule has 0 saturated carbocycles. The van der Waals surface area contributed by atoms with Gasteiger partial charge in [0.1, 0.15) is 11.6 Å². The summed E-state index contributed by atoms with van der Waals surface area (Å²) in [4.78, 5) is 23.3. The number of amides is 2. The van der Waals surface area contributed by atoms with E-state index < -0.39 is 11.8 Å². The number of hydrogen-bond donors (Lipinski definition) is 1. The molecule has 1 aliphatic rings. The van der Waals surface area contributed by atoms with Gasteiger partial charge in [-0.05, 0) is 0 Å². The fraction of sp³-hybridized carbons (Fsp3) is 0. The highest BCUT2D eigenvalue weighted by Gasteiger charge is 2.28. The minimum Gasteiger partial charge on any atom is -0.269 e. The first kappa shape index (κ1) is 8.19. The number of H-pyrrole nitrogens is 1. The summed E-state index contributed by atoms with van der Waals surface area (Å²) in [6.45, 7) is 0. The van der Waals surface area contributed by atoms with Gasteiger partial charge in [0.2, 0.25) is 0 Å². The zero-order valence-electron chi connectivity index (χ0n) is 6.89. The molecule has 6 nitrogen and oxygen atoms in total. The molecule has 0 unspecified atom stereocenters. The van der Waals surface area contributed by atoms with E-state index in [1.54, 1.807) is 0 Å². The van der Waals surface area contributed by atoms with Crippen molar-refractivity contribution in [3.63, 3.8) is 0 Å². The molecular weight excluding hydrogens is 184 g/mol. The van der Waals surface area contributed by atoms with Crippen LogP contribution in [0.25, 0.3) is 0 Å². The second kappa shape index (κ2) is 2.81. The van der Waals surface area contributed by atoms with Crippen molar-refractivity contribution in [2.24, 2.45) is 0 Å². The van der Waals surface area contributed by atoms with Crippen LogP contribution in [0.3, 0.4) is 0 Å². The highest BCUT2D eigenvalue weighted by atomic mass is 16.2. The van der Waals surface area contributed by atoms with Crippen LogP contribution >= 0.6 is 0 Å². The van der Waals surface area contributed by atoms with Gasteiger partial charge < -0.3 is 0 Å². The number of anilines is 1. The molecule has 0 bridgehead atoms. The molecule has 0 aromatic carbocycles. The summed E-state index contributed by atoms with van der Waals surface area (Å²) in [7, 11) is 0. The highest BCUT2D eigenvalue weighted by Crippen LogP contribution is 2.19. The molecule has 1 aromatic rings. The van der Waals surface area contributed by atoms with Gasteiger partial charge in [0.05, 0.1) is 6.20 Å². The number of rotatable bonds is 1. The van der Waals surface area contributed by atoms with Crippen LogP contribution in [0.2, 0.25) is 0 Å². The molecule has 1 aliphatic heterocycles. The molecular formula is C8H4N4O2. The number of imide groups is 1. The van der Waals surface area contributed by atoms with E-state index in [0.717, 1.165) is 17.1 Å². The Kier molecular flexibility index (Phi) is 1.65. The van der Waals surface area contributed by atoms with E-state index in [4.69, 9.17) is 5.26 Å². The van der Waals surface area contributed by atoms with Crippen molar-refractivity contribution in [1.82, 2.24) is 10.2 Å². The topological polar surface area (TPSA) is 89.8 Å². The number of carbonyl (C=O) groups excluding carboxylic acids is 2. The van der Waals surface area contributed by atoms with Gasteiger partial charge in [-0.15, -0.1) is 0 Å². The Balaban J connectivity index is 2.47. The highest BCUT2D eigenvalue weighted by molar-refractivity contribution is 6.28. The average Bonchev–Trinajstić information content (AvgIpc) is 2.73. The number of nitrogens with one attached hydrogen (secondary N) is 1. The number of carbonyl (C=O) groups is 2. The number of aromatic nitrogens is 2. The van der Waals surface area contributed by atoms with Crippen LogP contribution < -0.4 is 4.90 Å². The Morgan fingerprint density at radius 1 is 1.36 bits per heavy atom. The molecule has 0 fully saturated rings. The van der Waals surface area contributed by atoms with Crippen LogP contribution in [0.1, 0.15) is 5.56 Å². The zero-order valence-corrected chi connectivity index (χ0v) is 6.89. The summed E-state index contributed by atoms with van der Waals surface area (Å²) < 4.78 is 0. The zero-order chi connectivity index (χ0) is 10.1. The molecule has 0 aliphatic carbocycles. The lowest BCUT2D eigenvalue weighted by Crippen LogP contribution is -2.30. The Labute approximate surface area is 78.4 Å². The maximum absolute atomic E-state index is 11.2. The maximum atomic E-state index is 11.2. The maximum Gasteiger partial charge on any atom is 0.259 e. The van der Waals surface area contributed by atoms with Crippen LogP contribution in [0, 0.1) is 11.3 Å². The lowest BCUT2D eigenvalue weighted by molar-refractivity contribution is -0.120. The van der Waals surface area contributed by atoms with Crippen molar-refractivity contribution in [2.45, 2.75) is 0 Å². The summed E-state index contributed by atoms with van der Waals surface area (Å²) in [6, 6.07) is 1.83. The van der Waals surface area contributed by atoms with E-state index in [1.807, 2.05) is 6.07 Å². The largest absolute Gasteiger partial charge is 0.269 e. The van der Waals surface area contributed by atoms with Crippen LogP contribution in [-0.4, -0.2) is 22.0 Å². The minimum absolute atomic E-state index is 0.118. The molecule has 1 aromatic heterocycles. The molecule has 1 N–H and O–H groups in total. The molecule has 0 radical (unpaired) electrons. The van der Waals surface area contributed by atoms with Crippen molar-refractivity contribution in [3.05, 3.63) is 23.9 Å². The quantitative estimate of drug-likeness (QED) is 0.613. The Morgan fingerprint density at radius 2 is 2.00 bits per heavy atom. The summed E-state index contributed by atoms with van der Waals surface area (Å²) in [5.41, 5.74) is 0.162. The van der Waals surface area contributed by atoms with Crippen molar-refractivity contribution in [3.8, 4) is 6.07 Å². The fourth-order valence-electron chi connectivity index (χ4n) is 1.15. The molecule has 14 heavy (non-hydrogen) atoms. The molecule has 0 spiro atoms. The summed E-state index contributed by atoms with van der Waals surface area (Å²) in [5, 5.41) is 14.7. The number of hydrogen-bond acceptors (Lipinski definition) is 4. The van der Waals surface area contributed by atoms with E-state index in [-0.39, 0.29) is 11.4 Å². The minimum atomic E-state index is -0.476. The Morgan fingerprint density at radius 3 is 2.57 bits per heavy atom. The summed E-state index contributed by atoms with van der Waals surface area (Å²) >= 11 is 0. The lowest BCUT2D eigenvalue weighted by atomic mass is 10.3. The smallest absolute Gasteiger partial charge is 0.259 e. The van der Waals surface area contributed by atoms with E-state index in [2.05, 4.69) is 10.2 Å². The van der Waals surface area contributed by atoms with Crippen molar-refractivity contribution in [2.75, 3.05) is 4.90 Å². The van der Waals surface area contributed by atoms with Crippen LogP contribution in [0.4, 0.5) is 5.82 Å². The van der Waals surface area contributed by atoms with Gasteiger partial charge in [0.15, 0.2) is 5.82 Å². The van der Waals surface area contributed by atoms with Crippen LogP contribution in [-0.2, 0) is 9.59 Å². The van der Waals surface area contributed by atoms with Crippen LogP contribution in [0.15, 0.2) is 18.3 Å². The third-order valence-electron chi connectivity index (χ3n) is 1.77. The van der Waals surface area contributed by atoms with Gasteiger partial charge in [-0.3, -0.25) is 14.7 Å². The third-order valence-corrected chi connectivity index (χ3v) is 1.77. The first-order valence-corrected chi connectivity index (χ1v) is 3.73. The van der Waals surface area contributed by atoms with Gasteiger partial charge in [-0.1, -0.05) is 0 Å². The Bertz CT molecular complexity index is 462. The fourth-order valence-corrected chi connectivity index (χ4v) is 1.15. The molecule has 0 atom stereocenters. The number of nitrogens with zero attached hydrogens (tertiary/aromatic N) is 3. The second-order valence-corrected chi connectivity index (χ2v) is 2.59. The van der Waals surface area contributed by atoms with Gasteiger partial charge in [0.25, 0.3) is 11.8 Å². The molecule has 2 amide bonds. The van der Waals surface area contributed by atoms with Crippen molar-refractivity contribution < 1.29 is 9.59 Å². The molecule has 0 saturated heterocycles. The van der Waals surface area contributed by atoms with Gasteiger partial charge in [0, 0.05) is 12.2 Å². The molecule has 2 heterocycles. The normalized spacial score (nSPS) is 14.9. The van der Waals surface area contributed by atoms with E-state index in [9.17, 15) is 9.59 Å². The van der Waals surface area contributed by atoms with Crippen LogP contribution in [0.5, 0.6) is 0 Å². The van der Waals surface area contributed by atoms with E-state index in [0.29, 0.717) is 0 Å². The second-order valence-electron chi connectivity index (χ2n) is 2.59. The van der Waals surface area contributed by atoms with Gasteiger partial charge in [-0.2, -0.15) is 10.4 Å². The van der Waals surface area contributed by atoms with Gasteiger partial charge in [-0.25, -0.2) is 4.90 Å². The SMILES string of the molecule is N#Cc1cn[nH]c1N1C(=O)C=CC1=O. The molecule has 2 rings (SSSR count). The first-order chi connectivity index (χ1) is 6.74. The van der Waals surface area contributed by atoms with Gasteiger partial charge >= 0.3 is 0 Å². The average molecular weight is 188 g/mol. The standard InChI is InChI=1S/C8H4N4O2/c9-3-5-4-10-11-8(5)12-6(13)1-2-7(12)14/h1-2,4H,(H,10,11). The predicted molar refractivity (Wildman–Crippen MR) is 44.9 cm³/mol. The summed E-state index contributed by atoms with van der Waals surface area (Å²) in [6.07, 6.45) is 3.54. The molecule has 68 valence electrons. The van der Waals surface area contributed by atoms with Crippen molar-refractivity contribution >= 4 is 17.6 Å². The van der Waals surface area contributed by atoms with E-state index in [1.165, 1.54) is 6.20 Å². The monoisotopic (exact) mass is 188 g/mol. The first-order valence-electron chi connectivity index (χ1n) is 3.73. The van der Waals surface area contributed by atoms with E-state index >= 15 is 0 Å². The lowest BCUT2D eigenvalue weighted by Gasteiger charge is -2.10. The summed E-state index contributed by atoms with van der Waals surface area (Å²) in [5.74, 6) is -0.834. The number of aromatic amines is 1. The molecule has 6 heteroatoms.